The molecule has 0 saturated carbocycles. The Morgan fingerprint density at radius 1 is 1.18 bits per heavy atom. The summed E-state index contributed by atoms with van der Waals surface area (Å²) in [5.41, 5.74) is 1.26. The van der Waals surface area contributed by atoms with Crippen LogP contribution in [0.2, 0.25) is 5.02 Å². The summed E-state index contributed by atoms with van der Waals surface area (Å²) in [5, 5.41) is 9.48. The predicted molar refractivity (Wildman–Crippen MR) is 73.3 cm³/mol. The molecule has 0 radical (unpaired) electrons. The first-order valence-electron chi connectivity index (χ1n) is 6.26. The molecule has 0 heterocycles. The van der Waals surface area contributed by atoms with Crippen LogP contribution in [0.1, 0.15) is 31.2 Å². The molecule has 2 nitrogen and oxygen atoms in total. The Hall–Kier alpha value is -0.570. The molecule has 17 heavy (non-hydrogen) atoms. The van der Waals surface area contributed by atoms with E-state index >= 15 is 0 Å². The summed E-state index contributed by atoms with van der Waals surface area (Å²) in [5.74, 6) is 0. The van der Waals surface area contributed by atoms with Crippen molar-refractivity contribution >= 4 is 11.6 Å². The van der Waals surface area contributed by atoms with E-state index in [1.54, 1.807) is 0 Å². The maximum absolute atomic E-state index is 8.67. The molecule has 0 amide bonds. The molecule has 0 spiro atoms. The van der Waals surface area contributed by atoms with Gasteiger partial charge in [0.05, 0.1) is 0 Å². The van der Waals surface area contributed by atoms with Crippen molar-refractivity contribution in [3.63, 3.8) is 0 Å². The number of halogens is 1. The predicted octanol–water partition coefficient (Wildman–Crippen LogP) is 3.32. The molecule has 3 heteroatoms. The fourth-order valence-electron chi connectivity index (χ4n) is 1.87. The van der Waals surface area contributed by atoms with E-state index in [-0.39, 0.29) is 0 Å². The van der Waals surface area contributed by atoms with Gasteiger partial charge in [0, 0.05) is 18.2 Å². The summed E-state index contributed by atoms with van der Waals surface area (Å²) >= 11 is 5.95. The van der Waals surface area contributed by atoms with Crippen LogP contribution in [0.25, 0.3) is 0 Å². The standard InChI is InChI=1S/C14H22ClNO/c1-16(9-4-2-3-5-10-17)12-13-7-6-8-14(15)11-13/h6-8,11,17H,2-5,9-10,12H2,1H3. The van der Waals surface area contributed by atoms with Crippen molar-refractivity contribution in [2.24, 2.45) is 0 Å². The molecule has 1 aromatic rings. The van der Waals surface area contributed by atoms with Crippen molar-refractivity contribution in [1.29, 1.82) is 0 Å². The second kappa shape index (κ2) is 8.51. The molecule has 0 aromatic heterocycles. The summed E-state index contributed by atoms with van der Waals surface area (Å²) in [6, 6.07) is 8.02. The number of nitrogens with zero attached hydrogens (tertiary/aromatic N) is 1. The molecule has 1 N–H and O–H groups in total. The van der Waals surface area contributed by atoms with Crippen molar-refractivity contribution in [3.8, 4) is 0 Å². The van der Waals surface area contributed by atoms with Crippen molar-refractivity contribution in [2.45, 2.75) is 32.2 Å². The van der Waals surface area contributed by atoms with E-state index in [0.29, 0.717) is 6.61 Å². The SMILES string of the molecule is CN(CCCCCCO)Cc1cccc(Cl)c1. The maximum atomic E-state index is 8.67. The molecule has 0 atom stereocenters. The third-order valence-corrected chi connectivity index (χ3v) is 3.02. The minimum absolute atomic E-state index is 0.318. The second-order valence-corrected chi connectivity index (χ2v) is 4.94. The smallest absolute Gasteiger partial charge is 0.0431 e. The van der Waals surface area contributed by atoms with Crippen LogP contribution in [-0.4, -0.2) is 30.2 Å². The summed E-state index contributed by atoms with van der Waals surface area (Å²) in [6.07, 6.45) is 4.44. The highest BCUT2D eigenvalue weighted by molar-refractivity contribution is 6.30. The van der Waals surface area contributed by atoms with Crippen LogP contribution >= 0.6 is 11.6 Å². The van der Waals surface area contributed by atoms with Gasteiger partial charge in [0.1, 0.15) is 0 Å². The monoisotopic (exact) mass is 255 g/mol. The Morgan fingerprint density at radius 3 is 2.65 bits per heavy atom. The van der Waals surface area contributed by atoms with Crippen LogP contribution in [0.5, 0.6) is 0 Å². The van der Waals surface area contributed by atoms with Gasteiger partial charge in [-0.3, -0.25) is 0 Å². The average Bonchev–Trinajstić information content (AvgIpc) is 2.29. The number of unbranched alkanes of at least 4 members (excludes halogenated alkanes) is 3. The third kappa shape index (κ3) is 6.67. The summed E-state index contributed by atoms with van der Waals surface area (Å²) in [4.78, 5) is 2.31. The normalized spacial score (nSPS) is 11.1. The van der Waals surface area contributed by atoms with E-state index in [2.05, 4.69) is 18.0 Å². The van der Waals surface area contributed by atoms with E-state index in [4.69, 9.17) is 16.7 Å². The highest BCUT2D eigenvalue weighted by Gasteiger charge is 2.00. The highest BCUT2D eigenvalue weighted by Crippen LogP contribution is 2.12. The summed E-state index contributed by atoms with van der Waals surface area (Å²) in [7, 11) is 2.13. The van der Waals surface area contributed by atoms with Gasteiger partial charge >= 0.3 is 0 Å². The van der Waals surface area contributed by atoms with E-state index in [1.165, 1.54) is 18.4 Å². The topological polar surface area (TPSA) is 23.5 Å². The van der Waals surface area contributed by atoms with Gasteiger partial charge in [-0.25, -0.2) is 0 Å². The zero-order valence-corrected chi connectivity index (χ0v) is 11.3. The van der Waals surface area contributed by atoms with Gasteiger partial charge in [0.2, 0.25) is 0 Å². The molecule has 0 fully saturated rings. The van der Waals surface area contributed by atoms with E-state index in [9.17, 15) is 0 Å². The molecule has 96 valence electrons. The van der Waals surface area contributed by atoms with Crippen molar-refractivity contribution in [3.05, 3.63) is 34.9 Å². The Kier molecular flexibility index (Phi) is 7.25. The molecular weight excluding hydrogens is 234 g/mol. The number of benzene rings is 1. The number of aliphatic hydroxyl groups excluding tert-OH is 1. The number of aliphatic hydroxyl groups is 1. The van der Waals surface area contributed by atoms with Crippen molar-refractivity contribution in [2.75, 3.05) is 20.2 Å². The fourth-order valence-corrected chi connectivity index (χ4v) is 2.09. The zero-order chi connectivity index (χ0) is 12.5. The molecule has 1 rings (SSSR count). The Labute approximate surface area is 109 Å². The third-order valence-electron chi connectivity index (χ3n) is 2.79. The van der Waals surface area contributed by atoms with Crippen molar-refractivity contribution in [1.82, 2.24) is 4.90 Å². The van der Waals surface area contributed by atoms with Crippen LogP contribution in [-0.2, 0) is 6.54 Å². The number of hydrogen-bond acceptors (Lipinski definition) is 2. The Bertz CT molecular complexity index is 317. The van der Waals surface area contributed by atoms with Crippen LogP contribution in [0.3, 0.4) is 0 Å². The van der Waals surface area contributed by atoms with Gasteiger partial charge in [0.25, 0.3) is 0 Å². The van der Waals surface area contributed by atoms with E-state index in [1.807, 2.05) is 18.2 Å². The minimum atomic E-state index is 0.318. The molecule has 0 unspecified atom stereocenters. The van der Waals surface area contributed by atoms with Crippen LogP contribution in [0.4, 0.5) is 0 Å². The molecule has 0 aliphatic carbocycles. The van der Waals surface area contributed by atoms with E-state index in [0.717, 1.165) is 31.0 Å². The quantitative estimate of drug-likeness (QED) is 0.721. The first-order valence-corrected chi connectivity index (χ1v) is 6.64. The maximum Gasteiger partial charge on any atom is 0.0431 e. The van der Waals surface area contributed by atoms with Crippen LogP contribution in [0, 0.1) is 0 Å². The van der Waals surface area contributed by atoms with Gasteiger partial charge in [-0.05, 0) is 44.1 Å². The lowest BCUT2D eigenvalue weighted by Crippen LogP contribution is -2.19. The van der Waals surface area contributed by atoms with Gasteiger partial charge < -0.3 is 10.0 Å². The molecule has 0 aliphatic rings. The van der Waals surface area contributed by atoms with Gasteiger partial charge in [-0.2, -0.15) is 0 Å². The minimum Gasteiger partial charge on any atom is -0.396 e. The Balaban J connectivity index is 2.18. The molecule has 0 saturated heterocycles. The van der Waals surface area contributed by atoms with Gasteiger partial charge in [-0.15, -0.1) is 0 Å². The largest absolute Gasteiger partial charge is 0.396 e. The first-order chi connectivity index (χ1) is 8.22. The van der Waals surface area contributed by atoms with Crippen molar-refractivity contribution < 1.29 is 5.11 Å². The molecule has 0 aliphatic heterocycles. The number of rotatable bonds is 8. The fraction of sp³-hybridized carbons (Fsp3) is 0.571. The Morgan fingerprint density at radius 2 is 1.94 bits per heavy atom. The molecule has 1 aromatic carbocycles. The van der Waals surface area contributed by atoms with E-state index < -0.39 is 0 Å². The second-order valence-electron chi connectivity index (χ2n) is 4.51. The zero-order valence-electron chi connectivity index (χ0n) is 10.5. The lowest BCUT2D eigenvalue weighted by Gasteiger charge is -2.16. The summed E-state index contributed by atoms with van der Waals surface area (Å²) in [6.45, 7) is 2.36. The van der Waals surface area contributed by atoms with Gasteiger partial charge in [0.15, 0.2) is 0 Å². The lowest BCUT2D eigenvalue weighted by atomic mass is 10.2. The number of hydrogen-bond donors (Lipinski definition) is 1. The first kappa shape index (κ1) is 14.5. The van der Waals surface area contributed by atoms with Crippen LogP contribution < -0.4 is 0 Å². The highest BCUT2D eigenvalue weighted by atomic mass is 35.5. The molecular formula is C14H22ClNO. The average molecular weight is 256 g/mol. The summed E-state index contributed by atoms with van der Waals surface area (Å²) < 4.78 is 0. The molecule has 0 bridgehead atoms. The van der Waals surface area contributed by atoms with Crippen LogP contribution in [0.15, 0.2) is 24.3 Å². The lowest BCUT2D eigenvalue weighted by molar-refractivity contribution is 0.277. The van der Waals surface area contributed by atoms with Gasteiger partial charge in [-0.1, -0.05) is 36.6 Å².